The molecule has 1 aliphatic heterocycles. The zero-order valence-electron chi connectivity index (χ0n) is 21.8. The molecule has 214 valence electrons. The van der Waals surface area contributed by atoms with Gasteiger partial charge in [-0.1, -0.05) is 24.3 Å². The van der Waals surface area contributed by atoms with E-state index < -0.39 is 34.3 Å². The maximum absolute atomic E-state index is 12.3. The van der Waals surface area contributed by atoms with Crippen LogP contribution in [0, 0.1) is 0 Å². The summed E-state index contributed by atoms with van der Waals surface area (Å²) in [6.07, 6.45) is -2.70. The number of carbonyl (C=O) groups excluding carboxylic acids is 1. The number of anilines is 1. The van der Waals surface area contributed by atoms with Crippen LogP contribution in [-0.2, 0) is 16.6 Å². The summed E-state index contributed by atoms with van der Waals surface area (Å²) < 4.78 is 67.7. The molecule has 1 saturated heterocycles. The minimum atomic E-state index is -4.65. The number of nitrogens with zero attached hydrogens (tertiary/aromatic N) is 5. The summed E-state index contributed by atoms with van der Waals surface area (Å²) >= 11 is 0. The van der Waals surface area contributed by atoms with Gasteiger partial charge >= 0.3 is 6.18 Å². The molecule has 14 heteroatoms. The molecule has 40 heavy (non-hydrogen) atoms. The average molecular weight is 579 g/mol. The first-order valence-corrected chi connectivity index (χ1v) is 14.3. The molecule has 10 nitrogen and oxygen atoms in total. The van der Waals surface area contributed by atoms with Gasteiger partial charge in [0.05, 0.1) is 25.0 Å². The van der Waals surface area contributed by atoms with Crippen molar-refractivity contribution in [3.05, 3.63) is 66.1 Å². The molecule has 3 heterocycles. The van der Waals surface area contributed by atoms with Crippen LogP contribution < -0.4 is 14.4 Å². The maximum Gasteiger partial charge on any atom is 0.390 e. The third-order valence-corrected chi connectivity index (χ3v) is 7.47. The van der Waals surface area contributed by atoms with Crippen molar-refractivity contribution in [2.75, 3.05) is 43.4 Å². The molecule has 3 aromatic rings. The number of hydrogen-bond acceptors (Lipinski definition) is 9. The SMILES string of the molecule is CCOc1cncc(-c2ccccc2CN2CCN(c3ccc(C(=O)NS(=O)(=O)CCC(F)(F)F)nn3)CC2)c1. The first kappa shape index (κ1) is 29.2. The van der Waals surface area contributed by atoms with E-state index in [0.29, 0.717) is 25.5 Å². The predicted molar refractivity (Wildman–Crippen MR) is 142 cm³/mol. The summed E-state index contributed by atoms with van der Waals surface area (Å²) in [5.74, 6) is -1.16. The lowest BCUT2D eigenvalue weighted by atomic mass is 10.0. The van der Waals surface area contributed by atoms with E-state index in [2.05, 4.69) is 32.2 Å². The molecule has 0 aliphatic carbocycles. The van der Waals surface area contributed by atoms with Gasteiger partial charge in [-0.3, -0.25) is 14.7 Å². The van der Waals surface area contributed by atoms with E-state index in [9.17, 15) is 26.4 Å². The fourth-order valence-electron chi connectivity index (χ4n) is 4.24. The highest BCUT2D eigenvalue weighted by molar-refractivity contribution is 7.90. The summed E-state index contributed by atoms with van der Waals surface area (Å²) in [7, 11) is -4.46. The fraction of sp³-hybridized carbons (Fsp3) is 0.385. The van der Waals surface area contributed by atoms with Crippen LogP contribution in [-0.4, -0.2) is 79.1 Å². The normalized spacial score (nSPS) is 14.7. The minimum absolute atomic E-state index is 0.308. The van der Waals surface area contributed by atoms with Gasteiger partial charge in [-0.05, 0) is 36.2 Å². The Labute approximate surface area is 230 Å². The number of nitrogens with one attached hydrogen (secondary N) is 1. The van der Waals surface area contributed by atoms with Gasteiger partial charge < -0.3 is 9.64 Å². The molecule has 2 aromatic heterocycles. The van der Waals surface area contributed by atoms with Crippen LogP contribution in [0.3, 0.4) is 0 Å². The van der Waals surface area contributed by atoms with Gasteiger partial charge in [-0.2, -0.15) is 13.2 Å². The van der Waals surface area contributed by atoms with Crippen LogP contribution in [0.5, 0.6) is 5.75 Å². The summed E-state index contributed by atoms with van der Waals surface area (Å²) in [5.41, 5.74) is 2.91. The highest BCUT2D eigenvalue weighted by Crippen LogP contribution is 2.27. The molecule has 0 atom stereocenters. The Bertz CT molecular complexity index is 1410. The van der Waals surface area contributed by atoms with Crippen molar-refractivity contribution in [2.24, 2.45) is 0 Å². The molecule has 1 aromatic carbocycles. The number of alkyl halides is 3. The van der Waals surface area contributed by atoms with Crippen molar-refractivity contribution in [1.29, 1.82) is 0 Å². The van der Waals surface area contributed by atoms with Gasteiger partial charge in [-0.25, -0.2) is 13.1 Å². The fourth-order valence-corrected chi connectivity index (χ4v) is 5.23. The van der Waals surface area contributed by atoms with Crippen LogP contribution in [0.1, 0.15) is 29.4 Å². The number of carbonyl (C=O) groups is 1. The molecule has 0 bridgehead atoms. The first-order chi connectivity index (χ1) is 19.0. The van der Waals surface area contributed by atoms with Crippen LogP contribution in [0.4, 0.5) is 19.0 Å². The standard InChI is InChI=1S/C26H29F3N6O4S/c1-2-39-21-15-20(16-30-17-21)22-6-4-3-5-19(22)18-34-10-12-35(13-11-34)24-8-7-23(31-32-24)25(36)33-40(37,38)14-9-26(27,28)29/h3-8,15-17H,2,9-14,18H2,1H3,(H,33,36). The largest absolute Gasteiger partial charge is 0.492 e. The third-order valence-electron chi connectivity index (χ3n) is 6.23. The number of hydrogen-bond donors (Lipinski definition) is 1. The van der Waals surface area contributed by atoms with E-state index >= 15 is 0 Å². The van der Waals surface area contributed by atoms with Crippen LogP contribution in [0.2, 0.25) is 0 Å². The Kier molecular flexibility index (Phi) is 9.20. The molecular formula is C26H29F3N6O4S. The van der Waals surface area contributed by atoms with Gasteiger partial charge in [0, 0.05) is 44.5 Å². The topological polar surface area (TPSA) is 118 Å². The van der Waals surface area contributed by atoms with E-state index in [4.69, 9.17) is 4.74 Å². The molecule has 1 fully saturated rings. The number of halogens is 3. The second-order valence-electron chi connectivity index (χ2n) is 9.15. The summed E-state index contributed by atoms with van der Waals surface area (Å²) in [4.78, 5) is 20.8. The second-order valence-corrected chi connectivity index (χ2v) is 11.0. The maximum atomic E-state index is 12.3. The Hall–Kier alpha value is -3.78. The first-order valence-electron chi connectivity index (χ1n) is 12.6. The molecule has 1 aliphatic rings. The van der Waals surface area contributed by atoms with E-state index in [0.717, 1.165) is 42.1 Å². The lowest BCUT2D eigenvalue weighted by molar-refractivity contribution is -0.130. The molecule has 1 N–H and O–H groups in total. The van der Waals surface area contributed by atoms with Crippen molar-refractivity contribution >= 4 is 21.7 Å². The number of amides is 1. The highest BCUT2D eigenvalue weighted by Gasteiger charge is 2.31. The van der Waals surface area contributed by atoms with E-state index in [1.54, 1.807) is 10.9 Å². The molecule has 0 saturated carbocycles. The van der Waals surface area contributed by atoms with Gasteiger partial charge in [-0.15, -0.1) is 10.2 Å². The number of piperazine rings is 1. The smallest absolute Gasteiger partial charge is 0.390 e. The van der Waals surface area contributed by atoms with Crippen molar-refractivity contribution in [2.45, 2.75) is 26.1 Å². The van der Waals surface area contributed by atoms with Crippen LogP contribution >= 0.6 is 0 Å². The monoisotopic (exact) mass is 578 g/mol. The number of ether oxygens (including phenoxy) is 1. The van der Waals surface area contributed by atoms with E-state index in [1.165, 1.54) is 12.1 Å². The number of pyridine rings is 1. The number of benzene rings is 1. The number of rotatable bonds is 10. The van der Waals surface area contributed by atoms with Crippen molar-refractivity contribution in [3.63, 3.8) is 0 Å². The zero-order valence-corrected chi connectivity index (χ0v) is 22.6. The van der Waals surface area contributed by atoms with E-state index in [-0.39, 0.29) is 5.69 Å². The van der Waals surface area contributed by atoms with Gasteiger partial charge in [0.2, 0.25) is 10.0 Å². The predicted octanol–water partition coefficient (Wildman–Crippen LogP) is 3.27. The van der Waals surface area contributed by atoms with Crippen molar-refractivity contribution in [3.8, 4) is 16.9 Å². The molecular weight excluding hydrogens is 549 g/mol. The quantitative estimate of drug-likeness (QED) is 0.387. The lowest BCUT2D eigenvalue weighted by Gasteiger charge is -2.35. The van der Waals surface area contributed by atoms with Gasteiger partial charge in [0.25, 0.3) is 5.91 Å². The van der Waals surface area contributed by atoms with Gasteiger partial charge in [0.15, 0.2) is 11.5 Å². The average Bonchev–Trinajstić information content (AvgIpc) is 2.93. The molecule has 0 spiro atoms. The van der Waals surface area contributed by atoms with Crippen molar-refractivity contribution in [1.82, 2.24) is 24.8 Å². The lowest BCUT2D eigenvalue weighted by Crippen LogP contribution is -2.46. The summed E-state index contributed by atoms with van der Waals surface area (Å²) in [5, 5.41) is 7.81. The van der Waals surface area contributed by atoms with E-state index in [1.807, 2.05) is 36.2 Å². The van der Waals surface area contributed by atoms with Gasteiger partial charge in [0.1, 0.15) is 5.75 Å². The molecule has 4 rings (SSSR count). The van der Waals surface area contributed by atoms with Crippen LogP contribution in [0.25, 0.3) is 11.1 Å². The Morgan fingerprint density at radius 2 is 1.80 bits per heavy atom. The number of sulfonamides is 1. The Morgan fingerprint density at radius 3 is 2.48 bits per heavy atom. The number of aromatic nitrogens is 3. The highest BCUT2D eigenvalue weighted by atomic mass is 32.2. The Balaban J connectivity index is 1.33. The molecule has 0 unspecified atom stereocenters. The molecule has 1 amide bonds. The van der Waals surface area contributed by atoms with Crippen LogP contribution in [0.15, 0.2) is 54.9 Å². The molecule has 0 radical (unpaired) electrons. The third kappa shape index (κ3) is 8.11. The summed E-state index contributed by atoms with van der Waals surface area (Å²) in [6, 6.07) is 13.0. The minimum Gasteiger partial charge on any atom is -0.492 e. The van der Waals surface area contributed by atoms with Crippen molar-refractivity contribution < 1.29 is 31.1 Å². The Morgan fingerprint density at radius 1 is 1.05 bits per heavy atom. The zero-order chi connectivity index (χ0) is 28.8. The second kappa shape index (κ2) is 12.6. The summed E-state index contributed by atoms with van der Waals surface area (Å²) in [6.45, 7) is 6.00.